The van der Waals surface area contributed by atoms with Gasteiger partial charge in [-0.05, 0) is 25.0 Å². The molecule has 7 heteroatoms. The fourth-order valence-electron chi connectivity index (χ4n) is 2.46. The third-order valence-electron chi connectivity index (χ3n) is 3.46. The third-order valence-corrected chi connectivity index (χ3v) is 3.71. The van der Waals surface area contributed by atoms with Gasteiger partial charge in [0.2, 0.25) is 0 Å². The number of aromatic nitrogens is 3. The number of carboxylic acid groups (broad SMARTS) is 1. The first-order valence-corrected chi connectivity index (χ1v) is 7.07. The van der Waals surface area contributed by atoms with E-state index in [1.807, 2.05) is 0 Å². The van der Waals surface area contributed by atoms with Gasteiger partial charge >= 0.3 is 5.97 Å². The molecule has 110 valence electrons. The summed E-state index contributed by atoms with van der Waals surface area (Å²) in [6, 6.07) is 6.96. The fourth-order valence-corrected chi connectivity index (χ4v) is 2.59. The first kappa shape index (κ1) is 14.0. The maximum atomic E-state index is 11.3. The predicted octanol–water partition coefficient (Wildman–Crippen LogP) is 2.48. The minimum atomic E-state index is -1.10. The standard InChI is InChI=1S/C14H14ClN3O3/c15-10-5-3-9(4-6-10)13-12(14(19)20)16-17-18(13)8-11-2-1-7-21-11/h3-6,11H,1-2,7-8H2,(H,19,20). The second kappa shape index (κ2) is 5.83. The molecule has 0 radical (unpaired) electrons. The maximum Gasteiger partial charge on any atom is 0.358 e. The molecule has 1 aliphatic heterocycles. The Hall–Kier alpha value is -1.92. The molecule has 1 aliphatic rings. The minimum Gasteiger partial charge on any atom is -0.476 e. The van der Waals surface area contributed by atoms with Crippen LogP contribution in [0.3, 0.4) is 0 Å². The van der Waals surface area contributed by atoms with Crippen LogP contribution in [0.25, 0.3) is 11.3 Å². The van der Waals surface area contributed by atoms with Gasteiger partial charge in [-0.3, -0.25) is 0 Å². The number of rotatable bonds is 4. The number of carboxylic acids is 1. The summed E-state index contributed by atoms with van der Waals surface area (Å²) in [6.45, 7) is 1.24. The Bertz CT molecular complexity index is 648. The van der Waals surface area contributed by atoms with E-state index in [-0.39, 0.29) is 11.8 Å². The lowest BCUT2D eigenvalue weighted by Gasteiger charge is -2.12. The van der Waals surface area contributed by atoms with E-state index in [9.17, 15) is 9.90 Å². The number of aromatic carboxylic acids is 1. The van der Waals surface area contributed by atoms with Crippen LogP contribution >= 0.6 is 11.6 Å². The molecule has 1 aromatic heterocycles. The van der Waals surface area contributed by atoms with Gasteiger partial charge in [0.05, 0.1) is 12.6 Å². The summed E-state index contributed by atoms with van der Waals surface area (Å²) in [5.41, 5.74) is 1.14. The SMILES string of the molecule is O=C(O)c1nnn(CC2CCCO2)c1-c1ccc(Cl)cc1. The van der Waals surface area contributed by atoms with Gasteiger partial charge in [0.15, 0.2) is 5.69 Å². The van der Waals surface area contributed by atoms with Crippen LogP contribution < -0.4 is 0 Å². The number of carbonyl (C=O) groups is 1. The molecule has 0 spiro atoms. The van der Waals surface area contributed by atoms with Gasteiger partial charge in [-0.2, -0.15) is 0 Å². The molecule has 0 saturated carbocycles. The Labute approximate surface area is 126 Å². The van der Waals surface area contributed by atoms with E-state index in [0.717, 1.165) is 25.0 Å². The average Bonchev–Trinajstić information content (AvgIpc) is 3.10. The van der Waals surface area contributed by atoms with E-state index >= 15 is 0 Å². The zero-order valence-corrected chi connectivity index (χ0v) is 12.0. The van der Waals surface area contributed by atoms with E-state index in [4.69, 9.17) is 16.3 Å². The first-order valence-electron chi connectivity index (χ1n) is 6.69. The molecule has 0 bridgehead atoms. The van der Waals surface area contributed by atoms with Crippen LogP contribution in [0, 0.1) is 0 Å². The van der Waals surface area contributed by atoms with Crippen molar-refractivity contribution in [2.75, 3.05) is 6.61 Å². The zero-order valence-electron chi connectivity index (χ0n) is 11.2. The molecule has 6 nitrogen and oxygen atoms in total. The van der Waals surface area contributed by atoms with E-state index in [1.54, 1.807) is 28.9 Å². The van der Waals surface area contributed by atoms with Crippen molar-refractivity contribution < 1.29 is 14.6 Å². The van der Waals surface area contributed by atoms with Crippen molar-refractivity contribution in [1.29, 1.82) is 0 Å². The molecular weight excluding hydrogens is 294 g/mol. The molecular formula is C14H14ClN3O3. The van der Waals surface area contributed by atoms with Crippen LogP contribution in [-0.4, -0.2) is 38.8 Å². The van der Waals surface area contributed by atoms with Crippen LogP contribution in [0.15, 0.2) is 24.3 Å². The largest absolute Gasteiger partial charge is 0.476 e. The number of hydrogen-bond acceptors (Lipinski definition) is 4. The maximum absolute atomic E-state index is 11.3. The molecule has 21 heavy (non-hydrogen) atoms. The van der Waals surface area contributed by atoms with E-state index in [2.05, 4.69) is 10.3 Å². The van der Waals surface area contributed by atoms with Crippen LogP contribution in [0.2, 0.25) is 5.02 Å². The predicted molar refractivity (Wildman–Crippen MR) is 76.4 cm³/mol. The summed E-state index contributed by atoms with van der Waals surface area (Å²) < 4.78 is 7.18. The van der Waals surface area contributed by atoms with Crippen LogP contribution in [0.5, 0.6) is 0 Å². The summed E-state index contributed by atoms with van der Waals surface area (Å²) in [4.78, 5) is 11.3. The molecule has 1 aromatic carbocycles. The fraction of sp³-hybridized carbons (Fsp3) is 0.357. The highest BCUT2D eigenvalue weighted by atomic mass is 35.5. The third kappa shape index (κ3) is 2.91. The summed E-state index contributed by atoms with van der Waals surface area (Å²) >= 11 is 5.88. The monoisotopic (exact) mass is 307 g/mol. The van der Waals surface area contributed by atoms with Gasteiger partial charge in [0.1, 0.15) is 5.69 Å². The molecule has 2 heterocycles. The Balaban J connectivity index is 2.00. The minimum absolute atomic E-state index is 0.0550. The van der Waals surface area contributed by atoms with Crippen LogP contribution in [0.4, 0.5) is 0 Å². The second-order valence-electron chi connectivity index (χ2n) is 4.92. The van der Waals surface area contributed by atoms with Crippen molar-refractivity contribution in [2.45, 2.75) is 25.5 Å². The molecule has 1 fully saturated rings. The highest BCUT2D eigenvalue weighted by Gasteiger charge is 2.24. The van der Waals surface area contributed by atoms with Gasteiger partial charge in [0, 0.05) is 17.2 Å². The molecule has 1 N–H and O–H groups in total. The lowest BCUT2D eigenvalue weighted by atomic mass is 10.1. The van der Waals surface area contributed by atoms with E-state index < -0.39 is 5.97 Å². The number of halogens is 1. The number of benzene rings is 1. The topological polar surface area (TPSA) is 77.2 Å². The van der Waals surface area contributed by atoms with Crippen molar-refractivity contribution in [1.82, 2.24) is 15.0 Å². The van der Waals surface area contributed by atoms with Crippen molar-refractivity contribution in [3.8, 4) is 11.3 Å². The Morgan fingerprint density at radius 3 is 2.81 bits per heavy atom. The number of hydrogen-bond donors (Lipinski definition) is 1. The summed E-state index contributed by atoms with van der Waals surface area (Å²) in [5.74, 6) is -1.10. The molecule has 0 amide bonds. The highest BCUT2D eigenvalue weighted by Crippen LogP contribution is 2.25. The molecule has 2 aromatic rings. The lowest BCUT2D eigenvalue weighted by Crippen LogP contribution is -2.17. The van der Waals surface area contributed by atoms with Crippen molar-refractivity contribution >= 4 is 17.6 Å². The van der Waals surface area contributed by atoms with Crippen LogP contribution in [0.1, 0.15) is 23.3 Å². The van der Waals surface area contributed by atoms with Gasteiger partial charge in [-0.1, -0.05) is 28.9 Å². The first-order chi connectivity index (χ1) is 10.1. The van der Waals surface area contributed by atoms with Gasteiger partial charge in [-0.25, -0.2) is 9.48 Å². The molecule has 1 atom stereocenters. The average molecular weight is 308 g/mol. The number of ether oxygens (including phenoxy) is 1. The van der Waals surface area contributed by atoms with Gasteiger partial charge in [0.25, 0.3) is 0 Å². The Kier molecular flexibility index (Phi) is 3.90. The van der Waals surface area contributed by atoms with Crippen molar-refractivity contribution in [2.24, 2.45) is 0 Å². The number of nitrogens with zero attached hydrogens (tertiary/aromatic N) is 3. The Morgan fingerprint density at radius 1 is 1.43 bits per heavy atom. The highest BCUT2D eigenvalue weighted by molar-refractivity contribution is 6.30. The lowest BCUT2D eigenvalue weighted by molar-refractivity contribution is 0.0691. The molecule has 0 aliphatic carbocycles. The van der Waals surface area contributed by atoms with E-state index in [0.29, 0.717) is 17.3 Å². The van der Waals surface area contributed by atoms with Crippen molar-refractivity contribution in [3.63, 3.8) is 0 Å². The summed E-state index contributed by atoms with van der Waals surface area (Å²) in [7, 11) is 0. The normalized spacial score (nSPS) is 18.0. The molecule has 3 rings (SSSR count). The summed E-state index contributed by atoms with van der Waals surface area (Å²) in [6.07, 6.45) is 2.02. The quantitative estimate of drug-likeness (QED) is 0.939. The molecule has 1 saturated heterocycles. The second-order valence-corrected chi connectivity index (χ2v) is 5.35. The van der Waals surface area contributed by atoms with Crippen molar-refractivity contribution in [3.05, 3.63) is 35.0 Å². The van der Waals surface area contributed by atoms with E-state index in [1.165, 1.54) is 0 Å². The van der Waals surface area contributed by atoms with Crippen LogP contribution in [-0.2, 0) is 11.3 Å². The zero-order chi connectivity index (χ0) is 14.8. The smallest absolute Gasteiger partial charge is 0.358 e. The molecule has 1 unspecified atom stereocenters. The summed E-state index contributed by atoms with van der Waals surface area (Å²) in [5, 5.41) is 17.6. The van der Waals surface area contributed by atoms with Gasteiger partial charge < -0.3 is 9.84 Å². The van der Waals surface area contributed by atoms with Gasteiger partial charge in [-0.15, -0.1) is 5.10 Å². The Morgan fingerprint density at radius 2 is 2.19 bits per heavy atom.